The number of nitrogens with zero attached hydrogens (tertiary/aromatic N) is 1. The predicted octanol–water partition coefficient (Wildman–Crippen LogP) is 5.07. The third-order valence-electron chi connectivity index (χ3n) is 5.79. The highest BCUT2D eigenvalue weighted by Crippen LogP contribution is 2.32. The Bertz CT molecular complexity index is 1160. The summed E-state index contributed by atoms with van der Waals surface area (Å²) in [6.07, 6.45) is 0. The highest BCUT2D eigenvalue weighted by Gasteiger charge is 2.34. The Hall–Kier alpha value is -3.79. The standard InChI is InChI=1S/C27H34N4O5S/c1-7-31-17(4)23(25(32)36-15-16(2)3)24(30-27(31)37)18-8-10-19(11-9-18)28-26(33)29-20-12-21(34-5)14-22(13-20)35-6/h8-14,16,24H,7,15H2,1-6H3,(H,30,37)(H2,28,29,33). The minimum absolute atomic E-state index is 0.220. The number of benzene rings is 2. The van der Waals surface area contributed by atoms with Gasteiger partial charge in [0.1, 0.15) is 11.5 Å². The number of allylic oxidation sites excluding steroid dienone is 1. The van der Waals surface area contributed by atoms with Gasteiger partial charge in [-0.3, -0.25) is 0 Å². The van der Waals surface area contributed by atoms with E-state index in [2.05, 4.69) is 16.0 Å². The second-order valence-corrected chi connectivity index (χ2v) is 9.31. The molecule has 2 aromatic rings. The van der Waals surface area contributed by atoms with Crippen molar-refractivity contribution >= 4 is 40.7 Å². The van der Waals surface area contributed by atoms with Gasteiger partial charge >= 0.3 is 12.0 Å². The van der Waals surface area contributed by atoms with Gasteiger partial charge in [0, 0.05) is 41.8 Å². The number of hydrogen-bond acceptors (Lipinski definition) is 6. The van der Waals surface area contributed by atoms with Crippen molar-refractivity contribution in [2.24, 2.45) is 5.92 Å². The molecule has 2 aromatic carbocycles. The molecule has 0 aromatic heterocycles. The van der Waals surface area contributed by atoms with Crippen LogP contribution in [0, 0.1) is 5.92 Å². The first-order chi connectivity index (χ1) is 17.7. The van der Waals surface area contributed by atoms with Crippen molar-refractivity contribution in [3.8, 4) is 11.5 Å². The van der Waals surface area contributed by atoms with Gasteiger partial charge in [0.25, 0.3) is 0 Å². The van der Waals surface area contributed by atoms with E-state index < -0.39 is 12.1 Å². The summed E-state index contributed by atoms with van der Waals surface area (Å²) in [4.78, 5) is 27.5. The van der Waals surface area contributed by atoms with Crippen molar-refractivity contribution < 1.29 is 23.8 Å². The summed E-state index contributed by atoms with van der Waals surface area (Å²) in [5, 5.41) is 9.39. The van der Waals surface area contributed by atoms with Crippen LogP contribution in [0.1, 0.15) is 39.3 Å². The van der Waals surface area contributed by atoms with Crippen LogP contribution in [0.2, 0.25) is 0 Å². The molecule has 3 rings (SSSR count). The van der Waals surface area contributed by atoms with Crippen molar-refractivity contribution in [1.82, 2.24) is 10.2 Å². The molecule has 0 spiro atoms. The van der Waals surface area contributed by atoms with Crippen LogP contribution in [0.3, 0.4) is 0 Å². The van der Waals surface area contributed by atoms with E-state index >= 15 is 0 Å². The molecule has 1 atom stereocenters. The molecular weight excluding hydrogens is 492 g/mol. The van der Waals surface area contributed by atoms with Crippen LogP contribution < -0.4 is 25.4 Å². The minimum atomic E-state index is -0.470. The summed E-state index contributed by atoms with van der Waals surface area (Å²) in [5.41, 5.74) is 3.20. The van der Waals surface area contributed by atoms with Gasteiger partial charge in [0.15, 0.2) is 5.11 Å². The average Bonchev–Trinajstić information content (AvgIpc) is 2.87. The number of hydrogen-bond donors (Lipinski definition) is 3. The number of carbonyl (C=O) groups excluding carboxylic acids is 2. The number of urea groups is 1. The van der Waals surface area contributed by atoms with Crippen molar-refractivity contribution in [1.29, 1.82) is 0 Å². The molecule has 1 unspecified atom stereocenters. The Morgan fingerprint density at radius 2 is 1.62 bits per heavy atom. The number of thiocarbonyl (C=S) groups is 1. The van der Waals surface area contributed by atoms with E-state index in [0.29, 0.717) is 46.7 Å². The molecule has 0 bridgehead atoms. The molecule has 3 N–H and O–H groups in total. The molecule has 9 nitrogen and oxygen atoms in total. The third kappa shape index (κ3) is 6.91. The Labute approximate surface area is 223 Å². The van der Waals surface area contributed by atoms with E-state index in [4.69, 9.17) is 26.4 Å². The molecule has 37 heavy (non-hydrogen) atoms. The molecule has 0 aliphatic carbocycles. The maximum atomic E-state index is 13.1. The van der Waals surface area contributed by atoms with E-state index in [1.807, 2.05) is 44.7 Å². The van der Waals surface area contributed by atoms with Gasteiger partial charge in [-0.2, -0.15) is 0 Å². The second kappa shape index (κ2) is 12.4. The van der Waals surface area contributed by atoms with Crippen molar-refractivity contribution in [2.45, 2.75) is 33.7 Å². The second-order valence-electron chi connectivity index (χ2n) is 8.92. The summed E-state index contributed by atoms with van der Waals surface area (Å²) in [6.45, 7) is 8.79. The molecule has 0 saturated carbocycles. The summed E-state index contributed by atoms with van der Waals surface area (Å²) < 4.78 is 16.1. The summed E-state index contributed by atoms with van der Waals surface area (Å²) in [6, 6.07) is 11.4. The number of ether oxygens (including phenoxy) is 3. The number of rotatable bonds is 9. The van der Waals surface area contributed by atoms with Gasteiger partial charge in [-0.15, -0.1) is 0 Å². The molecule has 0 radical (unpaired) electrons. The maximum absolute atomic E-state index is 13.1. The van der Waals surface area contributed by atoms with Gasteiger partial charge in [-0.05, 0) is 49.7 Å². The molecule has 0 fully saturated rings. The van der Waals surface area contributed by atoms with Crippen LogP contribution in [0.15, 0.2) is 53.7 Å². The van der Waals surface area contributed by atoms with E-state index in [1.54, 1.807) is 44.6 Å². The normalized spacial score (nSPS) is 15.3. The molecule has 198 valence electrons. The third-order valence-corrected chi connectivity index (χ3v) is 6.13. The Morgan fingerprint density at radius 3 is 2.16 bits per heavy atom. The van der Waals surface area contributed by atoms with Crippen LogP contribution in [0.5, 0.6) is 11.5 Å². The molecule has 10 heteroatoms. The first-order valence-electron chi connectivity index (χ1n) is 12.0. The largest absolute Gasteiger partial charge is 0.497 e. The van der Waals surface area contributed by atoms with Crippen molar-refractivity contribution in [2.75, 3.05) is 38.0 Å². The van der Waals surface area contributed by atoms with Crippen LogP contribution in [0.4, 0.5) is 16.2 Å². The average molecular weight is 527 g/mol. The lowest BCUT2D eigenvalue weighted by Gasteiger charge is -2.37. The molecular formula is C27H34N4O5S. The Balaban J connectivity index is 1.78. The van der Waals surface area contributed by atoms with Crippen LogP contribution >= 0.6 is 12.2 Å². The molecule has 0 saturated heterocycles. The summed E-state index contributed by atoms with van der Waals surface area (Å²) in [5.74, 6) is 0.965. The number of nitrogens with one attached hydrogen (secondary N) is 3. The van der Waals surface area contributed by atoms with Gasteiger partial charge in [-0.25, -0.2) is 9.59 Å². The monoisotopic (exact) mass is 526 g/mol. The first-order valence-corrected chi connectivity index (χ1v) is 12.4. The highest BCUT2D eigenvalue weighted by atomic mass is 32.1. The SMILES string of the molecule is CCN1C(=S)NC(c2ccc(NC(=O)Nc3cc(OC)cc(OC)c3)cc2)C(C(=O)OCC(C)C)=C1C. The van der Waals surface area contributed by atoms with E-state index in [0.717, 1.165) is 11.3 Å². The predicted molar refractivity (Wildman–Crippen MR) is 148 cm³/mol. The lowest BCUT2D eigenvalue weighted by molar-refractivity contribution is -0.140. The first kappa shape index (κ1) is 27.8. The Kier molecular flexibility index (Phi) is 9.35. The minimum Gasteiger partial charge on any atom is -0.497 e. The van der Waals surface area contributed by atoms with E-state index in [9.17, 15) is 9.59 Å². The van der Waals surface area contributed by atoms with Crippen LogP contribution in [0.25, 0.3) is 0 Å². The van der Waals surface area contributed by atoms with Gasteiger partial charge in [0.2, 0.25) is 0 Å². The molecule has 1 aliphatic heterocycles. The fourth-order valence-electron chi connectivity index (χ4n) is 3.93. The molecule has 2 amide bonds. The van der Waals surface area contributed by atoms with E-state index in [-0.39, 0.29) is 11.9 Å². The topological polar surface area (TPSA) is 101 Å². The lowest BCUT2D eigenvalue weighted by Crippen LogP contribution is -2.47. The smallest absolute Gasteiger partial charge is 0.338 e. The number of amides is 2. The highest BCUT2D eigenvalue weighted by molar-refractivity contribution is 7.80. The lowest BCUT2D eigenvalue weighted by atomic mass is 9.95. The zero-order chi connectivity index (χ0) is 27.1. The summed E-state index contributed by atoms with van der Waals surface area (Å²) >= 11 is 5.55. The number of esters is 1. The van der Waals surface area contributed by atoms with Crippen molar-refractivity contribution in [3.63, 3.8) is 0 Å². The number of anilines is 2. The summed E-state index contributed by atoms with van der Waals surface area (Å²) in [7, 11) is 3.08. The van der Waals surface area contributed by atoms with E-state index in [1.165, 1.54) is 0 Å². The van der Waals surface area contributed by atoms with Gasteiger partial charge in [0.05, 0.1) is 32.4 Å². The van der Waals surface area contributed by atoms with Crippen molar-refractivity contribution in [3.05, 3.63) is 59.3 Å². The fourth-order valence-corrected chi connectivity index (χ4v) is 4.31. The quantitative estimate of drug-likeness (QED) is 0.308. The zero-order valence-corrected chi connectivity index (χ0v) is 22.8. The van der Waals surface area contributed by atoms with Gasteiger partial charge < -0.3 is 35.1 Å². The Morgan fingerprint density at radius 1 is 1.03 bits per heavy atom. The molecule has 1 aliphatic rings. The number of carbonyl (C=O) groups is 2. The van der Waals surface area contributed by atoms with Crippen LogP contribution in [-0.2, 0) is 9.53 Å². The number of methoxy groups -OCH3 is 2. The molecule has 1 heterocycles. The zero-order valence-electron chi connectivity index (χ0n) is 22.0. The maximum Gasteiger partial charge on any atom is 0.338 e. The van der Waals surface area contributed by atoms with Gasteiger partial charge in [-0.1, -0.05) is 26.0 Å². The van der Waals surface area contributed by atoms with Crippen LogP contribution in [-0.4, -0.2) is 49.4 Å². The fraction of sp³-hybridized carbons (Fsp3) is 0.370.